The van der Waals surface area contributed by atoms with E-state index >= 15 is 0 Å². The molecule has 1 aromatic rings. The largest absolute Gasteiger partial charge is 0.315 e. The van der Waals surface area contributed by atoms with Crippen LogP contribution in [0.4, 0.5) is 0 Å². The van der Waals surface area contributed by atoms with E-state index in [0.717, 1.165) is 49.1 Å². The molecule has 0 saturated carbocycles. The number of hydrogen-bond acceptors (Lipinski definition) is 3. The summed E-state index contributed by atoms with van der Waals surface area (Å²) < 4.78 is 2.03. The predicted octanol–water partition coefficient (Wildman–Crippen LogP) is 2.05. The van der Waals surface area contributed by atoms with Gasteiger partial charge in [0.2, 0.25) is 0 Å². The first-order valence-electron chi connectivity index (χ1n) is 6.80. The van der Waals surface area contributed by atoms with Crippen molar-refractivity contribution < 1.29 is 0 Å². The fraction of sp³-hybridized carbons (Fsp3) is 0.769. The van der Waals surface area contributed by atoms with Gasteiger partial charge < -0.3 is 5.32 Å². The Morgan fingerprint density at radius 2 is 2.22 bits per heavy atom. The lowest BCUT2D eigenvalue weighted by Gasteiger charge is -2.26. The van der Waals surface area contributed by atoms with Crippen LogP contribution in [0.15, 0.2) is 0 Å². The second-order valence-electron chi connectivity index (χ2n) is 5.02. The van der Waals surface area contributed by atoms with Crippen molar-refractivity contribution in [3.05, 3.63) is 16.4 Å². The van der Waals surface area contributed by atoms with Crippen LogP contribution in [0.1, 0.15) is 31.7 Å². The number of halogens is 1. The van der Waals surface area contributed by atoms with Gasteiger partial charge in [0, 0.05) is 32.2 Å². The Morgan fingerprint density at radius 3 is 2.94 bits per heavy atom. The lowest BCUT2D eigenvalue weighted by atomic mass is 10.2. The molecule has 0 bridgehead atoms. The van der Waals surface area contributed by atoms with Crippen molar-refractivity contribution >= 4 is 11.6 Å². The fourth-order valence-electron chi connectivity index (χ4n) is 2.51. The van der Waals surface area contributed by atoms with Crippen LogP contribution in [0, 0.1) is 6.92 Å². The van der Waals surface area contributed by atoms with Gasteiger partial charge in [0.1, 0.15) is 0 Å². The highest BCUT2D eigenvalue weighted by molar-refractivity contribution is 6.31. The van der Waals surface area contributed by atoms with Crippen LogP contribution in [0.2, 0.25) is 5.02 Å². The maximum absolute atomic E-state index is 6.37. The average molecular weight is 271 g/mol. The first-order valence-corrected chi connectivity index (χ1v) is 7.17. The molecule has 4 nitrogen and oxygen atoms in total. The van der Waals surface area contributed by atoms with Crippen LogP contribution in [0.25, 0.3) is 0 Å². The van der Waals surface area contributed by atoms with Crippen LogP contribution < -0.4 is 5.32 Å². The average Bonchev–Trinajstić information content (AvgIpc) is 2.53. The van der Waals surface area contributed by atoms with E-state index in [-0.39, 0.29) is 0 Å². The van der Waals surface area contributed by atoms with Gasteiger partial charge in [-0.25, -0.2) is 0 Å². The van der Waals surface area contributed by atoms with Gasteiger partial charge in [-0.3, -0.25) is 9.58 Å². The lowest BCUT2D eigenvalue weighted by Crippen LogP contribution is -2.34. The molecule has 0 amide bonds. The Labute approximate surface area is 114 Å². The van der Waals surface area contributed by atoms with Crippen LogP contribution in [0.3, 0.4) is 0 Å². The zero-order valence-electron chi connectivity index (χ0n) is 11.5. The van der Waals surface area contributed by atoms with Gasteiger partial charge in [-0.1, -0.05) is 11.6 Å². The third-order valence-corrected chi connectivity index (χ3v) is 4.24. The van der Waals surface area contributed by atoms with Crippen molar-refractivity contribution in [2.24, 2.45) is 0 Å². The third-order valence-electron chi connectivity index (χ3n) is 3.74. The molecule has 1 saturated heterocycles. The second kappa shape index (κ2) is 6.04. The van der Waals surface area contributed by atoms with E-state index in [1.54, 1.807) is 0 Å². The number of nitrogens with zero attached hydrogens (tertiary/aromatic N) is 3. The summed E-state index contributed by atoms with van der Waals surface area (Å²) in [4.78, 5) is 2.49. The normalized spacial score (nSPS) is 22.1. The monoisotopic (exact) mass is 270 g/mol. The van der Waals surface area contributed by atoms with Gasteiger partial charge in [-0.15, -0.1) is 0 Å². The second-order valence-corrected chi connectivity index (χ2v) is 5.40. The van der Waals surface area contributed by atoms with Gasteiger partial charge in [0.05, 0.1) is 16.4 Å². The summed E-state index contributed by atoms with van der Waals surface area (Å²) >= 11 is 6.37. The van der Waals surface area contributed by atoms with E-state index in [1.807, 2.05) is 11.6 Å². The molecule has 1 unspecified atom stereocenters. The highest BCUT2D eigenvalue weighted by Crippen LogP contribution is 2.23. The molecule has 18 heavy (non-hydrogen) atoms. The molecule has 1 atom stereocenters. The number of aromatic nitrogens is 2. The molecule has 1 aliphatic heterocycles. The molecular formula is C13H23ClN4. The van der Waals surface area contributed by atoms with Crippen molar-refractivity contribution in [3.63, 3.8) is 0 Å². The summed E-state index contributed by atoms with van der Waals surface area (Å²) in [5.74, 6) is 0. The number of hydrogen-bond donors (Lipinski definition) is 1. The van der Waals surface area contributed by atoms with Crippen molar-refractivity contribution in [3.8, 4) is 0 Å². The van der Waals surface area contributed by atoms with Gasteiger partial charge in [0.15, 0.2) is 0 Å². The zero-order chi connectivity index (χ0) is 13.1. The van der Waals surface area contributed by atoms with Gasteiger partial charge in [-0.2, -0.15) is 5.10 Å². The Hall–Kier alpha value is -0.580. The van der Waals surface area contributed by atoms with Crippen molar-refractivity contribution in [2.45, 2.75) is 46.3 Å². The van der Waals surface area contributed by atoms with Crippen LogP contribution in [0.5, 0.6) is 0 Å². The Kier molecular flexibility index (Phi) is 4.65. The summed E-state index contributed by atoms with van der Waals surface area (Å²) in [5, 5.41) is 8.76. The van der Waals surface area contributed by atoms with E-state index < -0.39 is 0 Å². The lowest BCUT2D eigenvalue weighted by molar-refractivity contribution is 0.205. The maximum Gasteiger partial charge on any atom is 0.0860 e. The molecule has 1 aromatic heterocycles. The standard InChI is InChI=1S/C13H23ClN4/c1-4-18-12(13(14)11(3)16-18)9-17-8-7-15-6-5-10(17)2/h10,15H,4-9H2,1-3H3. The fourth-order valence-corrected chi connectivity index (χ4v) is 2.70. The quantitative estimate of drug-likeness (QED) is 0.913. The molecule has 0 aliphatic carbocycles. The minimum absolute atomic E-state index is 0.594. The van der Waals surface area contributed by atoms with Crippen LogP contribution in [-0.2, 0) is 13.1 Å². The van der Waals surface area contributed by atoms with E-state index in [0.29, 0.717) is 6.04 Å². The molecule has 102 valence electrons. The summed E-state index contributed by atoms with van der Waals surface area (Å²) in [6, 6.07) is 0.594. The molecule has 1 N–H and O–H groups in total. The highest BCUT2D eigenvalue weighted by atomic mass is 35.5. The molecule has 1 aliphatic rings. The molecule has 2 rings (SSSR count). The molecule has 2 heterocycles. The van der Waals surface area contributed by atoms with Crippen LogP contribution >= 0.6 is 11.6 Å². The number of nitrogens with one attached hydrogen (secondary N) is 1. The summed E-state index contributed by atoms with van der Waals surface area (Å²) in [7, 11) is 0. The third kappa shape index (κ3) is 2.87. The van der Waals surface area contributed by atoms with E-state index in [9.17, 15) is 0 Å². The maximum atomic E-state index is 6.37. The molecule has 0 spiro atoms. The molecular weight excluding hydrogens is 248 g/mol. The van der Waals surface area contributed by atoms with Gasteiger partial charge in [-0.05, 0) is 33.7 Å². The van der Waals surface area contributed by atoms with E-state index in [2.05, 4.69) is 29.2 Å². The van der Waals surface area contributed by atoms with Crippen molar-refractivity contribution in [1.29, 1.82) is 0 Å². The zero-order valence-corrected chi connectivity index (χ0v) is 12.3. The van der Waals surface area contributed by atoms with Crippen LogP contribution in [-0.4, -0.2) is 40.4 Å². The number of rotatable bonds is 3. The van der Waals surface area contributed by atoms with Crippen molar-refractivity contribution in [2.75, 3.05) is 19.6 Å². The Bertz CT molecular complexity index is 402. The molecule has 1 fully saturated rings. The minimum Gasteiger partial charge on any atom is -0.315 e. The molecule has 0 radical (unpaired) electrons. The Morgan fingerprint density at radius 1 is 1.44 bits per heavy atom. The molecule has 5 heteroatoms. The first-order chi connectivity index (χ1) is 8.63. The predicted molar refractivity (Wildman–Crippen MR) is 75.0 cm³/mol. The van der Waals surface area contributed by atoms with E-state index in [4.69, 9.17) is 11.6 Å². The first kappa shape index (κ1) is 13.8. The topological polar surface area (TPSA) is 33.1 Å². The van der Waals surface area contributed by atoms with Crippen molar-refractivity contribution in [1.82, 2.24) is 20.0 Å². The number of aryl methyl sites for hydroxylation is 2. The molecule has 0 aromatic carbocycles. The van der Waals surface area contributed by atoms with Gasteiger partial charge in [0.25, 0.3) is 0 Å². The summed E-state index contributed by atoms with van der Waals surface area (Å²) in [6.07, 6.45) is 1.19. The van der Waals surface area contributed by atoms with Gasteiger partial charge >= 0.3 is 0 Å². The smallest absolute Gasteiger partial charge is 0.0860 e. The SMILES string of the molecule is CCn1nc(C)c(Cl)c1CN1CCNCCC1C. The van der Waals surface area contributed by atoms with E-state index in [1.165, 1.54) is 6.42 Å². The highest BCUT2D eigenvalue weighted by Gasteiger charge is 2.21. The summed E-state index contributed by atoms with van der Waals surface area (Å²) in [5.41, 5.74) is 2.10. The summed E-state index contributed by atoms with van der Waals surface area (Å²) in [6.45, 7) is 11.4. The minimum atomic E-state index is 0.594. The Balaban J connectivity index is 2.16.